The Kier molecular flexibility index (Phi) is 3.71. The summed E-state index contributed by atoms with van der Waals surface area (Å²) in [5.41, 5.74) is 2.70. The third-order valence-electron chi connectivity index (χ3n) is 5.36. The number of hydrogen-bond donors (Lipinski definition) is 2. The van der Waals surface area contributed by atoms with Crippen molar-refractivity contribution in [2.75, 3.05) is 0 Å². The molecule has 2 nitrogen and oxygen atoms in total. The van der Waals surface area contributed by atoms with Crippen molar-refractivity contribution in [2.24, 2.45) is 0 Å². The maximum absolute atomic E-state index is 7.12. The fraction of sp³-hybridized carbons (Fsp3) is 0. The summed E-state index contributed by atoms with van der Waals surface area (Å²) < 4.78 is 0. The molecule has 0 aliphatic rings. The largest absolute Gasteiger partial charge is 0.432 e. The molecule has 3 heteroatoms. The normalized spacial score (nSPS) is 11.3. The minimum absolute atomic E-state index is 0.750. The van der Waals surface area contributed by atoms with E-state index in [0.29, 0.717) is 0 Å². The molecule has 0 aliphatic carbocycles. The van der Waals surface area contributed by atoms with Crippen molar-refractivity contribution in [1.29, 1.82) is 0 Å². The lowest BCUT2D eigenvalue weighted by atomic mass is 9.80. The van der Waals surface area contributed by atoms with Gasteiger partial charge in [-0.3, -0.25) is 0 Å². The molecule has 0 spiro atoms. The average Bonchev–Trinajstić information content (AvgIpc) is 2.74. The minimum Gasteiger partial charge on any atom is -0.430 e. The van der Waals surface area contributed by atoms with Gasteiger partial charge in [-0.2, -0.15) is 0 Å². The second-order valence-corrected chi connectivity index (χ2v) is 6.73. The Morgan fingerprint density at radius 2 is 1.11 bits per heavy atom. The number of rotatable bonds is 1. The molecule has 0 heterocycles. The van der Waals surface area contributed by atoms with Gasteiger partial charge in [-0.1, -0.05) is 78.9 Å². The summed E-state index contributed by atoms with van der Waals surface area (Å²) >= 11 is 0. The number of fused-ring (bicyclic) bond motifs is 1. The van der Waals surface area contributed by atoms with Crippen LogP contribution >= 0.6 is 0 Å². The first-order chi connectivity index (χ1) is 13.3. The van der Waals surface area contributed by atoms with E-state index in [9.17, 15) is 0 Å². The van der Waals surface area contributed by atoms with E-state index in [1.165, 1.54) is 54.2 Å². The van der Waals surface area contributed by atoms with E-state index >= 15 is 0 Å². The SMILES string of the molecule is OBO.c1ccc2cc(-c3c4ccccc4c4c5cccc4c35)ccc2c1. The van der Waals surface area contributed by atoms with E-state index in [4.69, 9.17) is 10.0 Å². The summed E-state index contributed by atoms with van der Waals surface area (Å²) in [6.45, 7) is 0. The third-order valence-corrected chi connectivity index (χ3v) is 5.36. The summed E-state index contributed by atoms with van der Waals surface area (Å²) in [6, 6.07) is 30.9. The van der Waals surface area contributed by atoms with Crippen LogP contribution in [0.1, 0.15) is 0 Å². The van der Waals surface area contributed by atoms with Gasteiger partial charge in [0.2, 0.25) is 0 Å². The van der Waals surface area contributed by atoms with Gasteiger partial charge in [0.25, 0.3) is 0 Å². The predicted octanol–water partition coefficient (Wildman–Crippen LogP) is 5.08. The van der Waals surface area contributed by atoms with E-state index in [1.54, 1.807) is 0 Å². The molecule has 128 valence electrons. The summed E-state index contributed by atoms with van der Waals surface area (Å²) in [5.74, 6) is 0. The summed E-state index contributed by atoms with van der Waals surface area (Å²) in [6.07, 6.45) is 0. The second kappa shape index (κ2) is 6.24. The number of benzene rings is 7. The highest BCUT2D eigenvalue weighted by Gasteiger charge is 2.21. The van der Waals surface area contributed by atoms with Crippen molar-refractivity contribution in [3.8, 4) is 11.1 Å². The predicted molar refractivity (Wildman–Crippen MR) is 116 cm³/mol. The Morgan fingerprint density at radius 3 is 1.85 bits per heavy atom. The van der Waals surface area contributed by atoms with Gasteiger partial charge in [0.15, 0.2) is 0 Å². The summed E-state index contributed by atoms with van der Waals surface area (Å²) in [5, 5.41) is 25.3. The van der Waals surface area contributed by atoms with E-state index in [0.717, 1.165) is 0 Å². The molecule has 0 radical (unpaired) electrons. The third kappa shape index (κ3) is 2.29. The maximum Gasteiger partial charge on any atom is 0.432 e. The number of hydrogen-bond acceptors (Lipinski definition) is 2. The molecule has 4 bridgehead atoms. The van der Waals surface area contributed by atoms with Crippen molar-refractivity contribution in [2.45, 2.75) is 0 Å². The molecular formula is C24H17BO2. The van der Waals surface area contributed by atoms with Crippen LogP contribution in [0.3, 0.4) is 0 Å². The first-order valence-corrected chi connectivity index (χ1v) is 9.02. The van der Waals surface area contributed by atoms with Crippen LogP contribution in [0.2, 0.25) is 0 Å². The van der Waals surface area contributed by atoms with Gasteiger partial charge < -0.3 is 10.0 Å². The Morgan fingerprint density at radius 1 is 0.519 bits per heavy atom. The molecule has 0 aromatic heterocycles. The Hall–Kier alpha value is -3.14. The van der Waals surface area contributed by atoms with Gasteiger partial charge in [-0.05, 0) is 60.3 Å². The molecule has 0 amide bonds. The van der Waals surface area contributed by atoms with Crippen LogP contribution in [0.25, 0.3) is 54.2 Å². The molecule has 7 aromatic carbocycles. The second-order valence-electron chi connectivity index (χ2n) is 6.73. The van der Waals surface area contributed by atoms with Crippen LogP contribution in [0.5, 0.6) is 0 Å². The monoisotopic (exact) mass is 348 g/mol. The average molecular weight is 348 g/mol. The molecule has 0 fully saturated rings. The van der Waals surface area contributed by atoms with Crippen LogP contribution in [-0.4, -0.2) is 17.7 Å². The zero-order valence-corrected chi connectivity index (χ0v) is 14.7. The van der Waals surface area contributed by atoms with E-state index in [-0.39, 0.29) is 0 Å². The minimum atomic E-state index is -0.750. The summed E-state index contributed by atoms with van der Waals surface area (Å²) in [4.78, 5) is 0. The molecule has 27 heavy (non-hydrogen) atoms. The van der Waals surface area contributed by atoms with Crippen molar-refractivity contribution in [3.05, 3.63) is 84.9 Å². The first kappa shape index (κ1) is 16.1. The lowest BCUT2D eigenvalue weighted by Gasteiger charge is -2.22. The van der Waals surface area contributed by atoms with Crippen molar-refractivity contribution in [3.63, 3.8) is 0 Å². The highest BCUT2D eigenvalue weighted by molar-refractivity contribution is 6.41. The van der Waals surface area contributed by atoms with Crippen LogP contribution in [0, 0.1) is 0 Å². The van der Waals surface area contributed by atoms with Gasteiger partial charge >= 0.3 is 7.69 Å². The molecule has 0 saturated heterocycles. The van der Waals surface area contributed by atoms with Crippen molar-refractivity contribution in [1.82, 2.24) is 0 Å². The lowest BCUT2D eigenvalue weighted by molar-refractivity contribution is 0.448. The fourth-order valence-electron chi connectivity index (χ4n) is 4.31. The zero-order valence-electron chi connectivity index (χ0n) is 14.7. The van der Waals surface area contributed by atoms with E-state index in [1.807, 2.05) is 0 Å². The molecule has 0 unspecified atom stereocenters. The molecule has 0 aliphatic heterocycles. The summed E-state index contributed by atoms with van der Waals surface area (Å²) in [7, 11) is -0.750. The standard InChI is InChI=1S/C24H14.BH3O2/c1-2-7-16-14-17(13-12-15(16)6-1)22-18-8-3-4-9-19(18)23-20-10-5-11-21(23)24(20)22;2-1-3/h1-14H;1-3H. The van der Waals surface area contributed by atoms with Crippen LogP contribution in [0.4, 0.5) is 0 Å². The maximum atomic E-state index is 7.12. The van der Waals surface area contributed by atoms with Gasteiger partial charge in [0.05, 0.1) is 0 Å². The van der Waals surface area contributed by atoms with Crippen LogP contribution in [0.15, 0.2) is 84.9 Å². The Bertz CT molecular complexity index is 1340. The zero-order chi connectivity index (χ0) is 18.4. The van der Waals surface area contributed by atoms with Crippen molar-refractivity contribution < 1.29 is 10.0 Å². The van der Waals surface area contributed by atoms with Crippen LogP contribution in [-0.2, 0) is 0 Å². The molecule has 0 saturated carbocycles. The molecule has 7 aromatic rings. The highest BCUT2D eigenvalue weighted by atomic mass is 16.4. The molecule has 2 N–H and O–H groups in total. The molecule has 0 atom stereocenters. The van der Waals surface area contributed by atoms with Crippen molar-refractivity contribution >= 4 is 50.8 Å². The quantitative estimate of drug-likeness (QED) is 0.247. The highest BCUT2D eigenvalue weighted by Crippen LogP contribution is 2.49. The fourth-order valence-corrected chi connectivity index (χ4v) is 4.31. The first-order valence-electron chi connectivity index (χ1n) is 9.02. The van der Waals surface area contributed by atoms with Gasteiger partial charge in [-0.15, -0.1) is 0 Å². The Labute approximate surface area is 157 Å². The van der Waals surface area contributed by atoms with E-state index in [2.05, 4.69) is 84.9 Å². The van der Waals surface area contributed by atoms with Gasteiger partial charge in [0, 0.05) is 0 Å². The van der Waals surface area contributed by atoms with Crippen LogP contribution < -0.4 is 0 Å². The van der Waals surface area contributed by atoms with E-state index < -0.39 is 7.69 Å². The van der Waals surface area contributed by atoms with Gasteiger partial charge in [-0.25, -0.2) is 0 Å². The molecule has 7 rings (SSSR count). The molecular weight excluding hydrogens is 331 g/mol. The van der Waals surface area contributed by atoms with Gasteiger partial charge in [0.1, 0.15) is 0 Å². The smallest absolute Gasteiger partial charge is 0.430 e. The Balaban J connectivity index is 0.000000504. The topological polar surface area (TPSA) is 40.5 Å². The lowest BCUT2D eigenvalue weighted by Crippen LogP contribution is -1.94.